The first-order valence-electron chi connectivity index (χ1n) is 4.80. The molecule has 16 heavy (non-hydrogen) atoms. The van der Waals surface area contributed by atoms with Crippen molar-refractivity contribution in [2.45, 2.75) is 0 Å². The first-order chi connectivity index (χ1) is 7.84. The van der Waals surface area contributed by atoms with Crippen LogP contribution in [0.5, 0.6) is 0 Å². The van der Waals surface area contributed by atoms with Crippen LogP contribution < -0.4 is 0 Å². The lowest BCUT2D eigenvalue weighted by Crippen LogP contribution is -1.82. The summed E-state index contributed by atoms with van der Waals surface area (Å²) in [5.74, 6) is 0. The molecule has 0 atom stereocenters. The van der Waals surface area contributed by atoms with Gasteiger partial charge in [-0.2, -0.15) is 0 Å². The van der Waals surface area contributed by atoms with Crippen molar-refractivity contribution < 1.29 is 0 Å². The number of benzene rings is 1. The zero-order valence-electron chi connectivity index (χ0n) is 8.22. The van der Waals surface area contributed by atoms with Crippen LogP contribution in [0.2, 0.25) is 0 Å². The quantitative estimate of drug-likeness (QED) is 0.674. The lowest BCUT2D eigenvalue weighted by Gasteiger charge is -2.01. The number of nitrogens with zero attached hydrogens (tertiary/aromatic N) is 2. The molecule has 3 rings (SSSR count). The molecule has 0 bridgehead atoms. The Morgan fingerprint density at radius 2 is 2.06 bits per heavy atom. The average Bonchev–Trinajstić information content (AvgIpc) is 2.75. The van der Waals surface area contributed by atoms with Crippen LogP contribution in [0, 0.1) is 0 Å². The molecule has 0 aliphatic rings. The smallest absolute Gasteiger partial charge is 0.125 e. The van der Waals surface area contributed by atoms with Crippen molar-refractivity contribution in [3.8, 4) is 10.6 Å². The lowest BCUT2D eigenvalue weighted by molar-refractivity contribution is 1.36. The number of hydrogen-bond donors (Lipinski definition) is 0. The molecule has 0 fully saturated rings. The summed E-state index contributed by atoms with van der Waals surface area (Å²) in [4.78, 5) is 8.78. The minimum absolute atomic E-state index is 0.883. The number of hydrogen-bond acceptors (Lipinski definition) is 3. The van der Waals surface area contributed by atoms with Crippen molar-refractivity contribution >= 4 is 38.2 Å². The normalized spacial score (nSPS) is 10.8. The lowest BCUT2D eigenvalue weighted by atomic mass is 10.1. The van der Waals surface area contributed by atoms with Crippen LogP contribution >= 0.6 is 27.3 Å². The Hall–Kier alpha value is -1.26. The summed E-state index contributed by atoms with van der Waals surface area (Å²) in [6, 6.07) is 10.1. The SMILES string of the molecule is Brc1csc(-c2cccc3ncccc23)n1. The third-order valence-electron chi connectivity index (χ3n) is 2.35. The van der Waals surface area contributed by atoms with Crippen molar-refractivity contribution in [3.63, 3.8) is 0 Å². The van der Waals surface area contributed by atoms with E-state index in [2.05, 4.69) is 38.0 Å². The summed E-state index contributed by atoms with van der Waals surface area (Å²) >= 11 is 5.01. The van der Waals surface area contributed by atoms with Gasteiger partial charge in [-0.1, -0.05) is 18.2 Å². The molecule has 2 aromatic heterocycles. The number of halogens is 1. The maximum Gasteiger partial charge on any atom is 0.125 e. The number of pyridine rings is 1. The fourth-order valence-electron chi connectivity index (χ4n) is 1.67. The maximum atomic E-state index is 4.44. The Balaban J connectivity index is 2.31. The molecule has 3 aromatic rings. The van der Waals surface area contributed by atoms with Crippen molar-refractivity contribution in [3.05, 3.63) is 46.5 Å². The van der Waals surface area contributed by atoms with E-state index in [1.54, 1.807) is 11.3 Å². The Bertz CT molecular complexity index is 643. The van der Waals surface area contributed by atoms with Crippen molar-refractivity contribution in [1.29, 1.82) is 0 Å². The van der Waals surface area contributed by atoms with Gasteiger partial charge in [-0.05, 0) is 28.1 Å². The molecule has 0 aliphatic heterocycles. The van der Waals surface area contributed by atoms with Crippen LogP contribution in [0.4, 0.5) is 0 Å². The van der Waals surface area contributed by atoms with E-state index in [-0.39, 0.29) is 0 Å². The van der Waals surface area contributed by atoms with Crippen LogP contribution in [0.3, 0.4) is 0 Å². The second-order valence-corrected chi connectivity index (χ2v) is 5.02. The Kier molecular flexibility index (Phi) is 2.46. The van der Waals surface area contributed by atoms with E-state index in [0.717, 1.165) is 26.1 Å². The summed E-state index contributed by atoms with van der Waals surface area (Å²) in [7, 11) is 0. The Morgan fingerprint density at radius 3 is 2.88 bits per heavy atom. The monoisotopic (exact) mass is 290 g/mol. The maximum absolute atomic E-state index is 4.44. The molecule has 0 unspecified atom stereocenters. The zero-order chi connectivity index (χ0) is 11.0. The molecule has 4 heteroatoms. The van der Waals surface area contributed by atoms with Crippen LogP contribution in [0.25, 0.3) is 21.5 Å². The summed E-state index contributed by atoms with van der Waals surface area (Å²) in [5, 5.41) is 4.15. The molecule has 2 nitrogen and oxygen atoms in total. The summed E-state index contributed by atoms with van der Waals surface area (Å²) in [6.45, 7) is 0. The first kappa shape index (κ1) is 9.93. The number of aromatic nitrogens is 2. The van der Waals surface area contributed by atoms with Crippen LogP contribution in [-0.4, -0.2) is 9.97 Å². The molecule has 0 N–H and O–H groups in total. The van der Waals surface area contributed by atoms with E-state index in [1.165, 1.54) is 0 Å². The van der Waals surface area contributed by atoms with Gasteiger partial charge in [-0.25, -0.2) is 4.98 Å². The van der Waals surface area contributed by atoms with Crippen molar-refractivity contribution in [2.24, 2.45) is 0 Å². The second kappa shape index (κ2) is 3.96. The van der Waals surface area contributed by atoms with E-state index in [1.807, 2.05) is 29.8 Å². The molecule has 0 amide bonds. The van der Waals surface area contributed by atoms with Crippen LogP contribution in [-0.2, 0) is 0 Å². The van der Waals surface area contributed by atoms with E-state index in [0.29, 0.717) is 0 Å². The first-order valence-corrected chi connectivity index (χ1v) is 6.47. The van der Waals surface area contributed by atoms with Gasteiger partial charge in [0.2, 0.25) is 0 Å². The van der Waals surface area contributed by atoms with Crippen LogP contribution in [0.15, 0.2) is 46.5 Å². The third kappa shape index (κ3) is 1.64. The highest BCUT2D eigenvalue weighted by Crippen LogP contribution is 2.31. The fourth-order valence-corrected chi connectivity index (χ4v) is 2.96. The largest absolute Gasteiger partial charge is 0.256 e. The van der Waals surface area contributed by atoms with Gasteiger partial charge in [0.25, 0.3) is 0 Å². The van der Waals surface area contributed by atoms with E-state index in [4.69, 9.17) is 0 Å². The third-order valence-corrected chi connectivity index (χ3v) is 3.94. The van der Waals surface area contributed by atoms with Gasteiger partial charge >= 0.3 is 0 Å². The molecular weight excluding hydrogens is 284 g/mol. The summed E-state index contributed by atoms with van der Waals surface area (Å²) in [5.41, 5.74) is 2.15. The number of fused-ring (bicyclic) bond motifs is 1. The average molecular weight is 291 g/mol. The van der Waals surface area contributed by atoms with E-state index >= 15 is 0 Å². The molecule has 0 spiro atoms. The molecule has 0 radical (unpaired) electrons. The molecule has 0 saturated carbocycles. The highest BCUT2D eigenvalue weighted by atomic mass is 79.9. The topological polar surface area (TPSA) is 25.8 Å². The number of thiazole rings is 1. The molecule has 0 saturated heterocycles. The minimum Gasteiger partial charge on any atom is -0.256 e. The standard InChI is InChI=1S/C12H7BrN2S/c13-11-7-16-12(15-11)9-3-1-5-10-8(9)4-2-6-14-10/h1-7H. The number of rotatable bonds is 1. The van der Waals surface area contributed by atoms with Gasteiger partial charge in [0.05, 0.1) is 5.52 Å². The van der Waals surface area contributed by atoms with E-state index < -0.39 is 0 Å². The molecule has 1 aromatic carbocycles. The summed E-state index contributed by atoms with van der Waals surface area (Å²) < 4.78 is 0.883. The van der Waals surface area contributed by atoms with Gasteiger partial charge in [-0.3, -0.25) is 4.98 Å². The van der Waals surface area contributed by atoms with Crippen LogP contribution in [0.1, 0.15) is 0 Å². The highest BCUT2D eigenvalue weighted by molar-refractivity contribution is 9.10. The van der Waals surface area contributed by atoms with Crippen molar-refractivity contribution in [2.75, 3.05) is 0 Å². The molecular formula is C12H7BrN2S. The predicted octanol–water partition coefficient (Wildman–Crippen LogP) is 4.12. The van der Waals surface area contributed by atoms with Gasteiger partial charge in [0.15, 0.2) is 0 Å². The Labute approximate surface area is 105 Å². The molecule has 78 valence electrons. The van der Waals surface area contributed by atoms with Gasteiger partial charge < -0.3 is 0 Å². The zero-order valence-corrected chi connectivity index (χ0v) is 10.6. The second-order valence-electron chi connectivity index (χ2n) is 3.35. The van der Waals surface area contributed by atoms with Gasteiger partial charge in [0, 0.05) is 22.5 Å². The van der Waals surface area contributed by atoms with Gasteiger partial charge in [0.1, 0.15) is 9.61 Å². The minimum atomic E-state index is 0.883. The molecule has 2 heterocycles. The molecule has 0 aliphatic carbocycles. The highest BCUT2D eigenvalue weighted by Gasteiger charge is 2.07. The predicted molar refractivity (Wildman–Crippen MR) is 70.6 cm³/mol. The van der Waals surface area contributed by atoms with Gasteiger partial charge in [-0.15, -0.1) is 11.3 Å². The fraction of sp³-hybridized carbons (Fsp3) is 0. The Morgan fingerprint density at radius 1 is 1.12 bits per heavy atom. The van der Waals surface area contributed by atoms with Crippen molar-refractivity contribution in [1.82, 2.24) is 9.97 Å². The van der Waals surface area contributed by atoms with E-state index in [9.17, 15) is 0 Å². The summed E-state index contributed by atoms with van der Waals surface area (Å²) in [6.07, 6.45) is 1.81.